The number of aliphatic hydroxyl groups is 2. The lowest BCUT2D eigenvalue weighted by atomic mass is 9.86. The Bertz CT molecular complexity index is 557. The van der Waals surface area contributed by atoms with E-state index in [1.165, 1.54) is 0 Å². The van der Waals surface area contributed by atoms with Crippen LogP contribution >= 0.6 is 0 Å². The molecule has 1 aliphatic carbocycles. The summed E-state index contributed by atoms with van der Waals surface area (Å²) in [6.07, 6.45) is 4.88. The second-order valence-corrected chi connectivity index (χ2v) is 4.51. The molecule has 2 heterocycles. The van der Waals surface area contributed by atoms with Gasteiger partial charge in [-0.3, -0.25) is 9.97 Å². The summed E-state index contributed by atoms with van der Waals surface area (Å²) in [6.45, 7) is 0. The largest absolute Gasteiger partial charge is 0.390 e. The molecule has 0 aromatic carbocycles. The summed E-state index contributed by atoms with van der Waals surface area (Å²) in [5.74, 6) is 0. The number of nitrogens with zero attached hydrogens (tertiary/aromatic N) is 2. The van der Waals surface area contributed by atoms with Crippen molar-refractivity contribution in [2.45, 2.75) is 25.0 Å². The zero-order chi connectivity index (χ0) is 12.5. The first-order valence-electron chi connectivity index (χ1n) is 6.01. The predicted molar refractivity (Wildman–Crippen MR) is 66.8 cm³/mol. The van der Waals surface area contributed by atoms with Gasteiger partial charge in [0.25, 0.3) is 0 Å². The van der Waals surface area contributed by atoms with E-state index in [0.717, 1.165) is 22.4 Å². The molecule has 0 fully saturated rings. The van der Waals surface area contributed by atoms with Crippen LogP contribution in [-0.4, -0.2) is 26.3 Å². The molecule has 0 saturated heterocycles. The van der Waals surface area contributed by atoms with Gasteiger partial charge in [0.15, 0.2) is 0 Å². The summed E-state index contributed by atoms with van der Waals surface area (Å²) in [4.78, 5) is 8.29. The van der Waals surface area contributed by atoms with Crippen molar-refractivity contribution in [1.29, 1.82) is 0 Å². The Morgan fingerprint density at radius 1 is 1.06 bits per heavy atom. The molecule has 0 radical (unpaired) electrons. The van der Waals surface area contributed by atoms with Gasteiger partial charge in [0, 0.05) is 29.8 Å². The van der Waals surface area contributed by atoms with Gasteiger partial charge in [-0.05, 0) is 42.2 Å². The summed E-state index contributed by atoms with van der Waals surface area (Å²) in [5, 5.41) is 20.0. The van der Waals surface area contributed by atoms with Gasteiger partial charge >= 0.3 is 0 Å². The molecular formula is C14H14N2O2. The van der Waals surface area contributed by atoms with Gasteiger partial charge in [-0.25, -0.2) is 0 Å². The molecule has 4 heteroatoms. The van der Waals surface area contributed by atoms with Crippen molar-refractivity contribution in [2.75, 3.05) is 0 Å². The van der Waals surface area contributed by atoms with Crippen LogP contribution in [0.5, 0.6) is 0 Å². The van der Waals surface area contributed by atoms with Gasteiger partial charge < -0.3 is 10.2 Å². The van der Waals surface area contributed by atoms with E-state index in [2.05, 4.69) is 9.97 Å². The number of hydrogen-bond acceptors (Lipinski definition) is 4. The van der Waals surface area contributed by atoms with Crippen LogP contribution in [0, 0.1) is 0 Å². The average molecular weight is 242 g/mol. The van der Waals surface area contributed by atoms with Gasteiger partial charge in [0.05, 0.1) is 6.10 Å². The molecule has 2 N–H and O–H groups in total. The fourth-order valence-electron chi connectivity index (χ4n) is 2.46. The Morgan fingerprint density at radius 2 is 1.83 bits per heavy atom. The first-order valence-corrected chi connectivity index (χ1v) is 6.01. The maximum absolute atomic E-state index is 10.2. The van der Waals surface area contributed by atoms with Crippen LogP contribution in [0.25, 0.3) is 11.1 Å². The van der Waals surface area contributed by atoms with Crippen LogP contribution in [0.4, 0.5) is 0 Å². The van der Waals surface area contributed by atoms with Crippen molar-refractivity contribution in [3.8, 4) is 11.1 Å². The molecule has 2 aromatic heterocycles. The van der Waals surface area contributed by atoms with Crippen LogP contribution in [0.2, 0.25) is 0 Å². The van der Waals surface area contributed by atoms with Crippen molar-refractivity contribution < 1.29 is 10.2 Å². The van der Waals surface area contributed by atoms with Crippen LogP contribution in [-0.2, 0) is 6.42 Å². The number of aryl methyl sites for hydroxylation is 1. The number of fused-ring (bicyclic) bond motifs is 1. The van der Waals surface area contributed by atoms with Gasteiger partial charge in [0.1, 0.15) is 6.10 Å². The maximum Gasteiger partial charge on any atom is 0.107 e. The molecule has 92 valence electrons. The molecule has 0 saturated carbocycles. The van der Waals surface area contributed by atoms with Gasteiger partial charge in [-0.2, -0.15) is 0 Å². The summed E-state index contributed by atoms with van der Waals surface area (Å²) in [7, 11) is 0. The van der Waals surface area contributed by atoms with Crippen LogP contribution < -0.4 is 0 Å². The molecule has 1 aliphatic rings. The Kier molecular flexibility index (Phi) is 2.81. The Balaban J connectivity index is 2.17. The standard InChI is InChI=1S/C14H14N2O2/c17-12-2-1-11-13(14(12)18)10(5-8-16-11)9-3-6-15-7-4-9/h3-8,12,14,17-18H,1-2H2/t12-,14-/m0/s1. The summed E-state index contributed by atoms with van der Waals surface area (Å²) >= 11 is 0. The van der Waals surface area contributed by atoms with E-state index in [4.69, 9.17) is 0 Å². The molecule has 0 unspecified atom stereocenters. The van der Waals surface area contributed by atoms with Gasteiger partial charge in [-0.1, -0.05) is 0 Å². The smallest absolute Gasteiger partial charge is 0.107 e. The number of hydrogen-bond donors (Lipinski definition) is 2. The van der Waals surface area contributed by atoms with Crippen molar-refractivity contribution in [1.82, 2.24) is 9.97 Å². The monoisotopic (exact) mass is 242 g/mol. The highest BCUT2D eigenvalue weighted by molar-refractivity contribution is 5.68. The molecule has 3 rings (SSSR count). The Hall–Kier alpha value is -1.78. The van der Waals surface area contributed by atoms with Crippen LogP contribution in [0.15, 0.2) is 36.8 Å². The van der Waals surface area contributed by atoms with Gasteiger partial charge in [-0.15, -0.1) is 0 Å². The quantitative estimate of drug-likeness (QED) is 0.795. The summed E-state index contributed by atoms with van der Waals surface area (Å²) in [6, 6.07) is 5.65. The highest BCUT2D eigenvalue weighted by atomic mass is 16.3. The molecule has 2 aromatic rings. The molecule has 4 nitrogen and oxygen atoms in total. The Labute approximate surface area is 105 Å². The molecular weight excluding hydrogens is 228 g/mol. The van der Waals surface area contributed by atoms with E-state index in [1.54, 1.807) is 18.6 Å². The maximum atomic E-state index is 10.2. The van der Waals surface area contributed by atoms with Crippen molar-refractivity contribution >= 4 is 0 Å². The molecule has 0 aliphatic heterocycles. The number of pyridine rings is 2. The first kappa shape index (κ1) is 11.3. The minimum Gasteiger partial charge on any atom is -0.390 e. The average Bonchev–Trinajstić information content (AvgIpc) is 2.43. The first-order chi connectivity index (χ1) is 8.77. The number of aliphatic hydroxyl groups excluding tert-OH is 2. The SMILES string of the molecule is O[C@@H]1c2c(-c3ccncc3)ccnc2CC[C@@H]1O. The lowest BCUT2D eigenvalue weighted by molar-refractivity contribution is 0.00615. The molecule has 2 atom stereocenters. The second-order valence-electron chi connectivity index (χ2n) is 4.51. The second kappa shape index (κ2) is 4.48. The van der Waals surface area contributed by atoms with Crippen molar-refractivity contribution in [3.05, 3.63) is 48.0 Å². The summed E-state index contributed by atoms with van der Waals surface area (Å²) in [5.41, 5.74) is 3.54. The third-order valence-electron chi connectivity index (χ3n) is 3.40. The fourth-order valence-corrected chi connectivity index (χ4v) is 2.46. The van der Waals surface area contributed by atoms with Crippen LogP contribution in [0.3, 0.4) is 0 Å². The lowest BCUT2D eigenvalue weighted by Crippen LogP contribution is -2.26. The van der Waals surface area contributed by atoms with Crippen molar-refractivity contribution in [3.63, 3.8) is 0 Å². The van der Waals surface area contributed by atoms with E-state index in [9.17, 15) is 10.2 Å². The number of rotatable bonds is 1. The minimum atomic E-state index is -0.856. The predicted octanol–water partition coefficient (Wildman–Crippen LogP) is 1.48. The van der Waals surface area contributed by atoms with Gasteiger partial charge in [0.2, 0.25) is 0 Å². The Morgan fingerprint density at radius 3 is 2.61 bits per heavy atom. The van der Waals surface area contributed by atoms with Crippen LogP contribution in [0.1, 0.15) is 23.8 Å². The zero-order valence-electron chi connectivity index (χ0n) is 9.82. The normalized spacial score (nSPS) is 22.6. The number of aromatic nitrogens is 2. The highest BCUT2D eigenvalue weighted by Gasteiger charge is 2.29. The molecule has 18 heavy (non-hydrogen) atoms. The summed E-state index contributed by atoms with van der Waals surface area (Å²) < 4.78 is 0. The molecule has 0 amide bonds. The van der Waals surface area contributed by atoms with Crippen molar-refractivity contribution in [2.24, 2.45) is 0 Å². The third kappa shape index (κ3) is 1.79. The third-order valence-corrected chi connectivity index (χ3v) is 3.40. The fraction of sp³-hybridized carbons (Fsp3) is 0.286. The van der Waals surface area contributed by atoms with E-state index < -0.39 is 12.2 Å². The zero-order valence-corrected chi connectivity index (χ0v) is 9.82. The van der Waals surface area contributed by atoms with E-state index in [1.807, 2.05) is 18.2 Å². The van der Waals surface area contributed by atoms with E-state index in [0.29, 0.717) is 12.8 Å². The van der Waals surface area contributed by atoms with E-state index in [-0.39, 0.29) is 0 Å². The minimum absolute atomic E-state index is 0.557. The topological polar surface area (TPSA) is 66.2 Å². The molecule has 0 spiro atoms. The molecule has 0 bridgehead atoms. The van der Waals surface area contributed by atoms with E-state index >= 15 is 0 Å². The highest BCUT2D eigenvalue weighted by Crippen LogP contribution is 2.36. The lowest BCUT2D eigenvalue weighted by Gasteiger charge is -2.27.